The number of hydrogen-bond acceptors (Lipinski definition) is 1. The molecule has 3 nitrogen and oxygen atoms in total. The number of rotatable bonds is 2. The third-order valence-corrected chi connectivity index (χ3v) is 2.21. The van der Waals surface area contributed by atoms with E-state index in [1.165, 1.54) is 0 Å². The molecule has 0 bridgehead atoms. The van der Waals surface area contributed by atoms with Crippen molar-refractivity contribution in [3.63, 3.8) is 0 Å². The van der Waals surface area contributed by atoms with Crippen molar-refractivity contribution >= 4 is 27.6 Å². The lowest BCUT2D eigenvalue weighted by atomic mass is 10.3. The van der Waals surface area contributed by atoms with E-state index in [4.69, 9.17) is 5.73 Å². The first-order valence-corrected chi connectivity index (χ1v) is 5.05. The summed E-state index contributed by atoms with van der Waals surface area (Å²) in [5.41, 5.74) is 5.52. The molecule has 0 aliphatic rings. The van der Waals surface area contributed by atoms with Gasteiger partial charge in [0, 0.05) is 17.1 Å². The van der Waals surface area contributed by atoms with E-state index in [2.05, 4.69) is 26.2 Å². The van der Waals surface area contributed by atoms with Gasteiger partial charge in [-0.2, -0.15) is 0 Å². The molecule has 0 unspecified atom stereocenters. The molecule has 1 aromatic carbocycles. The van der Waals surface area contributed by atoms with Gasteiger partial charge >= 0.3 is 0 Å². The van der Waals surface area contributed by atoms with Crippen molar-refractivity contribution in [1.29, 1.82) is 0 Å². The Morgan fingerprint density at radius 2 is 2.20 bits per heavy atom. The number of nitrogens with one attached hydrogen (secondary N) is 1. The summed E-state index contributed by atoms with van der Waals surface area (Å²) in [6.07, 6.45) is 0. The lowest BCUT2D eigenvalue weighted by Crippen LogP contribution is -2.23. The lowest BCUT2D eigenvalue weighted by Gasteiger charge is -2.08. The standard InChI is InChI=1S/C9H10BrF2N3/c1-2-14-9(13)15-8-6(10)3-5(11)4-7(8)12/h3-4H,2H2,1H3,(H3,13,14,15). The van der Waals surface area contributed by atoms with Gasteiger partial charge < -0.3 is 11.1 Å². The van der Waals surface area contributed by atoms with E-state index >= 15 is 0 Å². The minimum atomic E-state index is -0.726. The maximum atomic E-state index is 13.3. The molecule has 0 spiro atoms. The number of hydrogen-bond donors (Lipinski definition) is 2. The van der Waals surface area contributed by atoms with Crippen LogP contribution in [-0.4, -0.2) is 12.5 Å². The highest BCUT2D eigenvalue weighted by Gasteiger charge is 2.09. The second-order valence-corrected chi connectivity index (χ2v) is 3.58. The average Bonchev–Trinajstić information content (AvgIpc) is 2.11. The lowest BCUT2D eigenvalue weighted by molar-refractivity contribution is 0.585. The number of anilines is 1. The Morgan fingerprint density at radius 1 is 1.53 bits per heavy atom. The fourth-order valence-electron chi connectivity index (χ4n) is 1.000. The Kier molecular flexibility index (Phi) is 4.02. The van der Waals surface area contributed by atoms with E-state index in [0.29, 0.717) is 6.54 Å². The van der Waals surface area contributed by atoms with Gasteiger partial charge in [-0.3, -0.25) is 4.99 Å². The van der Waals surface area contributed by atoms with Crippen LogP contribution in [-0.2, 0) is 0 Å². The third-order valence-electron chi connectivity index (χ3n) is 1.59. The van der Waals surface area contributed by atoms with Crippen molar-refractivity contribution in [3.8, 4) is 0 Å². The number of guanidine groups is 1. The Morgan fingerprint density at radius 3 is 2.73 bits per heavy atom. The van der Waals surface area contributed by atoms with Crippen molar-refractivity contribution in [2.24, 2.45) is 10.7 Å². The van der Waals surface area contributed by atoms with Gasteiger partial charge in [0.25, 0.3) is 0 Å². The topological polar surface area (TPSA) is 50.4 Å². The number of benzene rings is 1. The first-order chi connectivity index (χ1) is 7.04. The summed E-state index contributed by atoms with van der Waals surface area (Å²) in [5.74, 6) is -1.30. The number of nitrogens with zero attached hydrogens (tertiary/aromatic N) is 1. The molecular weight excluding hydrogens is 268 g/mol. The minimum absolute atomic E-state index is 0.0751. The number of halogens is 3. The van der Waals surface area contributed by atoms with Crippen LogP contribution >= 0.6 is 15.9 Å². The van der Waals surface area contributed by atoms with Crippen molar-refractivity contribution in [2.75, 3.05) is 11.9 Å². The van der Waals surface area contributed by atoms with Crippen LogP contribution < -0.4 is 11.1 Å². The summed E-state index contributed by atoms with van der Waals surface area (Å²) in [6, 6.07) is 1.91. The highest BCUT2D eigenvalue weighted by Crippen LogP contribution is 2.26. The van der Waals surface area contributed by atoms with E-state index in [0.717, 1.165) is 12.1 Å². The van der Waals surface area contributed by atoms with Crippen LogP contribution in [0.2, 0.25) is 0 Å². The van der Waals surface area contributed by atoms with Gasteiger partial charge in [0.2, 0.25) is 0 Å². The fraction of sp³-hybridized carbons (Fsp3) is 0.222. The quantitative estimate of drug-likeness (QED) is 0.645. The van der Waals surface area contributed by atoms with Crippen LogP contribution in [0.3, 0.4) is 0 Å². The molecule has 0 atom stereocenters. The molecule has 82 valence electrons. The molecule has 0 amide bonds. The SMILES string of the molecule is CCN=C(N)Nc1c(F)cc(F)cc1Br. The van der Waals surface area contributed by atoms with Gasteiger partial charge in [0.15, 0.2) is 11.8 Å². The monoisotopic (exact) mass is 277 g/mol. The Hall–Kier alpha value is -1.17. The minimum Gasteiger partial charge on any atom is -0.370 e. The summed E-state index contributed by atoms with van der Waals surface area (Å²) < 4.78 is 26.3. The molecular formula is C9H10BrF2N3. The van der Waals surface area contributed by atoms with Crippen molar-refractivity contribution in [2.45, 2.75) is 6.92 Å². The van der Waals surface area contributed by atoms with Crippen LogP contribution in [0, 0.1) is 11.6 Å². The summed E-state index contributed by atoms with van der Waals surface area (Å²) >= 11 is 3.02. The van der Waals surface area contributed by atoms with Gasteiger partial charge in [-0.05, 0) is 28.9 Å². The van der Waals surface area contributed by atoms with E-state index in [9.17, 15) is 8.78 Å². The maximum Gasteiger partial charge on any atom is 0.193 e. The molecule has 3 N–H and O–H groups in total. The first kappa shape index (κ1) is 11.9. The summed E-state index contributed by atoms with van der Waals surface area (Å²) in [4.78, 5) is 3.83. The van der Waals surface area contributed by atoms with Crippen LogP contribution in [0.4, 0.5) is 14.5 Å². The molecule has 6 heteroatoms. The third kappa shape index (κ3) is 3.16. The molecule has 1 aromatic rings. The zero-order valence-electron chi connectivity index (χ0n) is 8.02. The Bertz CT molecular complexity index is 370. The molecule has 1 rings (SSSR count). The van der Waals surface area contributed by atoms with Crippen LogP contribution in [0.25, 0.3) is 0 Å². The summed E-state index contributed by atoms with van der Waals surface area (Å²) in [6.45, 7) is 2.28. The smallest absolute Gasteiger partial charge is 0.193 e. The number of aliphatic imine (C=N–C) groups is 1. The van der Waals surface area contributed by atoms with Gasteiger partial charge in [-0.1, -0.05) is 0 Å². The number of nitrogens with two attached hydrogens (primary N) is 1. The second-order valence-electron chi connectivity index (χ2n) is 2.73. The molecule has 0 saturated heterocycles. The van der Waals surface area contributed by atoms with Crippen molar-refractivity contribution < 1.29 is 8.78 Å². The molecule has 0 saturated carbocycles. The molecule has 0 aliphatic heterocycles. The highest BCUT2D eigenvalue weighted by molar-refractivity contribution is 9.10. The van der Waals surface area contributed by atoms with Gasteiger partial charge in [-0.15, -0.1) is 0 Å². The molecule has 0 aliphatic carbocycles. The van der Waals surface area contributed by atoms with Crippen LogP contribution in [0.5, 0.6) is 0 Å². The first-order valence-electron chi connectivity index (χ1n) is 4.26. The van der Waals surface area contributed by atoms with E-state index in [1.54, 1.807) is 6.92 Å². The molecule has 0 heterocycles. The van der Waals surface area contributed by atoms with Gasteiger partial charge in [-0.25, -0.2) is 8.78 Å². The van der Waals surface area contributed by atoms with E-state index in [1.807, 2.05) is 0 Å². The van der Waals surface area contributed by atoms with E-state index < -0.39 is 11.6 Å². The van der Waals surface area contributed by atoms with Gasteiger partial charge in [0.05, 0.1) is 5.69 Å². The van der Waals surface area contributed by atoms with E-state index in [-0.39, 0.29) is 16.1 Å². The molecule has 0 aromatic heterocycles. The predicted molar refractivity (Wildman–Crippen MR) is 59.8 cm³/mol. The Balaban J connectivity index is 3.00. The summed E-state index contributed by atoms with van der Waals surface area (Å²) in [7, 11) is 0. The zero-order valence-corrected chi connectivity index (χ0v) is 9.61. The molecule has 0 radical (unpaired) electrons. The van der Waals surface area contributed by atoms with Crippen molar-refractivity contribution in [3.05, 3.63) is 28.2 Å². The maximum absolute atomic E-state index is 13.3. The highest BCUT2D eigenvalue weighted by atomic mass is 79.9. The van der Waals surface area contributed by atoms with Crippen LogP contribution in [0.15, 0.2) is 21.6 Å². The predicted octanol–water partition coefficient (Wildman–Crippen LogP) is 2.47. The van der Waals surface area contributed by atoms with Crippen molar-refractivity contribution in [1.82, 2.24) is 0 Å². The second kappa shape index (κ2) is 5.06. The largest absolute Gasteiger partial charge is 0.370 e. The average molecular weight is 278 g/mol. The normalized spacial score (nSPS) is 11.6. The fourth-order valence-corrected chi connectivity index (χ4v) is 1.51. The van der Waals surface area contributed by atoms with Gasteiger partial charge in [0.1, 0.15) is 5.82 Å². The summed E-state index contributed by atoms with van der Waals surface area (Å²) in [5, 5.41) is 2.55. The zero-order chi connectivity index (χ0) is 11.4. The van der Waals surface area contributed by atoms with Crippen LogP contribution in [0.1, 0.15) is 6.92 Å². The molecule has 15 heavy (non-hydrogen) atoms. The Labute approximate surface area is 94.5 Å². The molecule has 0 fully saturated rings.